The fourth-order valence-corrected chi connectivity index (χ4v) is 1.57. The van der Waals surface area contributed by atoms with E-state index in [0.29, 0.717) is 0 Å². The number of aromatic nitrogens is 1. The Morgan fingerprint density at radius 1 is 1.35 bits per heavy atom. The maximum atomic E-state index is 12.6. The normalized spacial score (nSPS) is 11.8. The molecule has 0 aromatic carbocycles. The van der Waals surface area contributed by atoms with Crippen LogP contribution in [0.5, 0.6) is 11.6 Å². The Kier molecular flexibility index (Phi) is 4.33. The molecule has 0 aliphatic carbocycles. The minimum Gasteiger partial charge on any atom is -0.478 e. The Labute approximate surface area is 106 Å². The van der Waals surface area contributed by atoms with Crippen LogP contribution in [0, 0.1) is 3.70 Å². The largest absolute Gasteiger partial charge is 0.573 e. The van der Waals surface area contributed by atoms with Gasteiger partial charge in [0.05, 0.1) is 12.7 Å². The molecule has 9 heteroatoms. The van der Waals surface area contributed by atoms with Crippen LogP contribution in [0.4, 0.5) is 22.0 Å². The summed E-state index contributed by atoms with van der Waals surface area (Å²) in [7, 11) is 1.01. The van der Waals surface area contributed by atoms with Gasteiger partial charge in [-0.3, -0.25) is 0 Å². The van der Waals surface area contributed by atoms with E-state index < -0.39 is 30.0 Å². The van der Waals surface area contributed by atoms with Gasteiger partial charge in [-0.05, 0) is 28.7 Å². The van der Waals surface area contributed by atoms with Crippen LogP contribution in [-0.2, 0) is 0 Å². The van der Waals surface area contributed by atoms with Crippen molar-refractivity contribution in [1.82, 2.24) is 4.98 Å². The lowest BCUT2D eigenvalue weighted by Gasteiger charge is -2.15. The second-order valence-corrected chi connectivity index (χ2v) is 3.83. The quantitative estimate of drug-likeness (QED) is 0.464. The highest BCUT2D eigenvalue weighted by atomic mass is 127. The molecule has 1 heterocycles. The van der Waals surface area contributed by atoms with E-state index in [-0.39, 0.29) is 3.70 Å². The highest BCUT2D eigenvalue weighted by Crippen LogP contribution is 2.39. The van der Waals surface area contributed by atoms with Gasteiger partial charge in [0.25, 0.3) is 12.3 Å². The minimum atomic E-state index is -5.09. The number of hydrogen-bond acceptors (Lipinski definition) is 3. The maximum absolute atomic E-state index is 12.6. The summed E-state index contributed by atoms with van der Waals surface area (Å²) in [5.41, 5.74) is -0.918. The number of pyridine rings is 1. The van der Waals surface area contributed by atoms with E-state index in [4.69, 9.17) is 0 Å². The summed E-state index contributed by atoms with van der Waals surface area (Å²) < 4.78 is 69.3. The summed E-state index contributed by atoms with van der Waals surface area (Å²) in [6, 6.07) is 0.800. The van der Waals surface area contributed by atoms with E-state index in [1.807, 2.05) is 0 Å². The first-order valence-corrected chi connectivity index (χ1v) is 5.10. The molecule has 0 fully saturated rings. The highest BCUT2D eigenvalue weighted by molar-refractivity contribution is 14.1. The van der Waals surface area contributed by atoms with Gasteiger partial charge in [0.15, 0.2) is 5.75 Å². The molecule has 0 aliphatic rings. The molecule has 96 valence electrons. The van der Waals surface area contributed by atoms with E-state index in [0.717, 1.165) is 13.2 Å². The van der Waals surface area contributed by atoms with E-state index in [2.05, 4.69) is 14.5 Å². The Bertz CT molecular complexity index is 410. The molecule has 0 amide bonds. The lowest BCUT2D eigenvalue weighted by molar-refractivity contribution is -0.275. The summed E-state index contributed by atoms with van der Waals surface area (Å²) >= 11 is 1.58. The molecule has 17 heavy (non-hydrogen) atoms. The Balaban J connectivity index is 3.32. The Morgan fingerprint density at radius 2 is 1.94 bits per heavy atom. The molecule has 3 nitrogen and oxygen atoms in total. The lowest BCUT2D eigenvalue weighted by Crippen LogP contribution is -2.19. The van der Waals surface area contributed by atoms with Crippen molar-refractivity contribution in [2.24, 2.45) is 0 Å². The Hall–Kier alpha value is -0.870. The average molecular weight is 369 g/mol. The van der Waals surface area contributed by atoms with Crippen LogP contribution in [0.15, 0.2) is 6.07 Å². The first kappa shape index (κ1) is 14.2. The van der Waals surface area contributed by atoms with Crippen LogP contribution in [-0.4, -0.2) is 18.5 Å². The molecule has 0 saturated carbocycles. The number of methoxy groups -OCH3 is 1. The SMILES string of the molecule is COc1nc(I)cc(C(F)F)c1OC(F)(F)F. The van der Waals surface area contributed by atoms with Gasteiger partial charge in [-0.25, -0.2) is 13.8 Å². The zero-order valence-corrected chi connectivity index (χ0v) is 10.3. The summed E-state index contributed by atoms with van der Waals surface area (Å²) in [4.78, 5) is 3.52. The molecule has 0 bridgehead atoms. The zero-order valence-electron chi connectivity index (χ0n) is 8.19. The smallest absolute Gasteiger partial charge is 0.478 e. The molecule has 0 N–H and O–H groups in total. The average Bonchev–Trinajstić information content (AvgIpc) is 2.17. The molecule has 0 aliphatic heterocycles. The number of alkyl halides is 5. The van der Waals surface area contributed by atoms with Gasteiger partial charge in [0, 0.05) is 0 Å². The van der Waals surface area contributed by atoms with E-state index >= 15 is 0 Å². The number of rotatable bonds is 3. The first-order valence-electron chi connectivity index (χ1n) is 4.03. The summed E-state index contributed by atoms with van der Waals surface area (Å²) in [5, 5.41) is 0. The van der Waals surface area contributed by atoms with E-state index in [1.165, 1.54) is 0 Å². The van der Waals surface area contributed by atoms with Crippen molar-refractivity contribution in [3.63, 3.8) is 0 Å². The van der Waals surface area contributed by atoms with Crippen molar-refractivity contribution in [2.45, 2.75) is 12.8 Å². The summed E-state index contributed by atoms with van der Waals surface area (Å²) in [5.74, 6) is -1.75. The van der Waals surface area contributed by atoms with Crippen molar-refractivity contribution in [3.05, 3.63) is 15.3 Å². The first-order chi connectivity index (χ1) is 7.74. The van der Waals surface area contributed by atoms with Gasteiger partial charge in [0.1, 0.15) is 3.70 Å². The van der Waals surface area contributed by atoms with Crippen LogP contribution in [0.3, 0.4) is 0 Å². The number of ether oxygens (including phenoxy) is 2. The molecular formula is C8H5F5INO2. The topological polar surface area (TPSA) is 31.4 Å². The fourth-order valence-electron chi connectivity index (χ4n) is 1.02. The van der Waals surface area contributed by atoms with Crippen LogP contribution < -0.4 is 9.47 Å². The second kappa shape index (κ2) is 5.19. The van der Waals surface area contributed by atoms with Crippen molar-refractivity contribution < 1.29 is 31.4 Å². The van der Waals surface area contributed by atoms with E-state index in [9.17, 15) is 22.0 Å². The Morgan fingerprint density at radius 3 is 2.35 bits per heavy atom. The van der Waals surface area contributed by atoms with Crippen LogP contribution >= 0.6 is 22.6 Å². The molecule has 0 atom stereocenters. The highest BCUT2D eigenvalue weighted by Gasteiger charge is 2.35. The van der Waals surface area contributed by atoms with Gasteiger partial charge in [0.2, 0.25) is 0 Å². The molecule has 0 unspecified atom stereocenters. The summed E-state index contributed by atoms with van der Waals surface area (Å²) in [6.45, 7) is 0. The minimum absolute atomic E-state index is 0.0734. The second-order valence-electron chi connectivity index (χ2n) is 2.72. The van der Waals surface area contributed by atoms with Crippen molar-refractivity contribution >= 4 is 22.6 Å². The van der Waals surface area contributed by atoms with Crippen molar-refractivity contribution in [2.75, 3.05) is 7.11 Å². The zero-order chi connectivity index (χ0) is 13.2. The molecule has 0 radical (unpaired) electrons. The monoisotopic (exact) mass is 369 g/mol. The molecular weight excluding hydrogens is 364 g/mol. The predicted octanol–water partition coefficient (Wildman–Crippen LogP) is 3.53. The predicted molar refractivity (Wildman–Crippen MR) is 55.1 cm³/mol. The van der Waals surface area contributed by atoms with Gasteiger partial charge >= 0.3 is 6.36 Å². The molecule has 0 spiro atoms. The van der Waals surface area contributed by atoms with Gasteiger partial charge < -0.3 is 9.47 Å². The third-order valence-corrected chi connectivity index (χ3v) is 2.14. The van der Waals surface area contributed by atoms with Crippen LogP contribution in [0.25, 0.3) is 0 Å². The molecule has 1 rings (SSSR count). The molecule has 1 aromatic heterocycles. The third-order valence-electron chi connectivity index (χ3n) is 1.59. The van der Waals surface area contributed by atoms with Gasteiger partial charge in [-0.15, -0.1) is 13.2 Å². The van der Waals surface area contributed by atoms with Crippen molar-refractivity contribution in [1.29, 1.82) is 0 Å². The van der Waals surface area contributed by atoms with Crippen LogP contribution in [0.2, 0.25) is 0 Å². The standard InChI is InChI=1S/C8H5F5INO2/c1-16-7-5(17-8(11,12)13)3(6(9)10)2-4(14)15-7/h2,6H,1H3. The van der Waals surface area contributed by atoms with E-state index in [1.54, 1.807) is 22.6 Å². The van der Waals surface area contributed by atoms with Crippen molar-refractivity contribution in [3.8, 4) is 11.6 Å². The fraction of sp³-hybridized carbons (Fsp3) is 0.375. The third kappa shape index (κ3) is 3.82. The molecule has 1 aromatic rings. The van der Waals surface area contributed by atoms with Crippen LogP contribution in [0.1, 0.15) is 12.0 Å². The number of halogens is 6. The number of nitrogens with zero attached hydrogens (tertiary/aromatic N) is 1. The lowest BCUT2D eigenvalue weighted by atomic mass is 10.2. The number of hydrogen-bond donors (Lipinski definition) is 0. The summed E-state index contributed by atoms with van der Waals surface area (Å²) in [6.07, 6.45) is -8.22. The molecule has 0 saturated heterocycles. The van der Waals surface area contributed by atoms with Gasteiger partial charge in [-0.1, -0.05) is 0 Å². The van der Waals surface area contributed by atoms with Gasteiger partial charge in [-0.2, -0.15) is 0 Å². The maximum Gasteiger partial charge on any atom is 0.573 e.